The van der Waals surface area contributed by atoms with Gasteiger partial charge in [0.2, 0.25) is 0 Å². The summed E-state index contributed by atoms with van der Waals surface area (Å²) in [7, 11) is 0. The van der Waals surface area contributed by atoms with Crippen LogP contribution >= 0.6 is 0 Å². The van der Waals surface area contributed by atoms with Crippen molar-refractivity contribution in [3.63, 3.8) is 0 Å². The number of benzene rings is 2. The molecule has 114 valence electrons. The molecule has 0 saturated heterocycles. The molecule has 0 aliphatic carbocycles. The van der Waals surface area contributed by atoms with Crippen LogP contribution in [0.15, 0.2) is 48.5 Å². The van der Waals surface area contributed by atoms with E-state index < -0.39 is 0 Å². The van der Waals surface area contributed by atoms with Crippen molar-refractivity contribution in [1.29, 1.82) is 0 Å². The number of carbonyl (C=O) groups excluding carboxylic acids is 2. The zero-order valence-electron chi connectivity index (χ0n) is 12.2. The van der Waals surface area contributed by atoms with Gasteiger partial charge in [-0.1, -0.05) is 24.3 Å². The van der Waals surface area contributed by atoms with Gasteiger partial charge in [0.15, 0.2) is 6.29 Å². The molecule has 0 bridgehead atoms. The molecule has 2 aromatic carbocycles. The maximum Gasteiger partial charge on any atom is 0.153 e. The lowest BCUT2D eigenvalue weighted by atomic mass is 10.2. The monoisotopic (exact) mass is 298 g/mol. The van der Waals surface area contributed by atoms with Crippen molar-refractivity contribution in [3.05, 3.63) is 59.7 Å². The molecule has 0 unspecified atom stereocenters. The number of aldehydes is 2. The molecule has 0 aliphatic rings. The Hall–Kier alpha value is -2.62. The molecule has 0 heterocycles. The van der Waals surface area contributed by atoms with E-state index in [0.717, 1.165) is 25.4 Å². The first-order valence-corrected chi connectivity index (χ1v) is 7.18. The van der Waals surface area contributed by atoms with E-state index in [2.05, 4.69) is 0 Å². The molecular formula is C18H18O4. The number of ether oxygens (including phenoxy) is 2. The molecule has 4 nitrogen and oxygen atoms in total. The molecule has 22 heavy (non-hydrogen) atoms. The fourth-order valence-corrected chi connectivity index (χ4v) is 1.96. The summed E-state index contributed by atoms with van der Waals surface area (Å²) in [6.07, 6.45) is 3.23. The van der Waals surface area contributed by atoms with Gasteiger partial charge in [0, 0.05) is 5.56 Å². The SMILES string of the molecule is O=Cc1cccc(OCCCCOc2ccccc2C=O)c1. The maximum absolute atomic E-state index is 10.8. The molecule has 2 rings (SSSR count). The lowest BCUT2D eigenvalue weighted by Gasteiger charge is -2.09. The van der Waals surface area contributed by atoms with E-state index in [0.29, 0.717) is 35.8 Å². The second-order valence-corrected chi connectivity index (χ2v) is 4.75. The quantitative estimate of drug-likeness (QED) is 0.525. The Morgan fingerprint density at radius 2 is 1.59 bits per heavy atom. The van der Waals surface area contributed by atoms with Gasteiger partial charge in [-0.25, -0.2) is 0 Å². The smallest absolute Gasteiger partial charge is 0.153 e. The van der Waals surface area contributed by atoms with E-state index in [4.69, 9.17) is 9.47 Å². The van der Waals surface area contributed by atoms with Crippen molar-refractivity contribution < 1.29 is 19.1 Å². The predicted molar refractivity (Wildman–Crippen MR) is 83.9 cm³/mol. The highest BCUT2D eigenvalue weighted by molar-refractivity contribution is 5.79. The molecule has 0 aliphatic heterocycles. The molecule has 0 amide bonds. The Morgan fingerprint density at radius 1 is 0.818 bits per heavy atom. The van der Waals surface area contributed by atoms with E-state index in [1.165, 1.54) is 0 Å². The molecule has 0 N–H and O–H groups in total. The lowest BCUT2D eigenvalue weighted by molar-refractivity contribution is 0.111. The first-order chi connectivity index (χ1) is 10.8. The zero-order chi connectivity index (χ0) is 15.6. The summed E-state index contributed by atoms with van der Waals surface area (Å²) < 4.78 is 11.2. The average molecular weight is 298 g/mol. The Morgan fingerprint density at radius 3 is 2.36 bits per heavy atom. The van der Waals surface area contributed by atoms with Crippen LogP contribution in [0.1, 0.15) is 33.6 Å². The number of para-hydroxylation sites is 1. The summed E-state index contributed by atoms with van der Waals surface area (Å²) in [5.74, 6) is 1.30. The third-order valence-corrected chi connectivity index (χ3v) is 3.11. The first kappa shape index (κ1) is 15.8. The van der Waals surface area contributed by atoms with Crippen molar-refractivity contribution in [2.75, 3.05) is 13.2 Å². The van der Waals surface area contributed by atoms with E-state index in [1.54, 1.807) is 36.4 Å². The lowest BCUT2D eigenvalue weighted by Crippen LogP contribution is -2.03. The van der Waals surface area contributed by atoms with Gasteiger partial charge in [-0.15, -0.1) is 0 Å². The molecule has 2 aromatic rings. The molecular weight excluding hydrogens is 280 g/mol. The summed E-state index contributed by atoms with van der Waals surface area (Å²) in [6, 6.07) is 14.2. The summed E-state index contributed by atoms with van der Waals surface area (Å²) in [5, 5.41) is 0. The van der Waals surface area contributed by atoms with E-state index in [9.17, 15) is 9.59 Å². The van der Waals surface area contributed by atoms with Crippen molar-refractivity contribution >= 4 is 12.6 Å². The van der Waals surface area contributed by atoms with Crippen LogP contribution in [0.3, 0.4) is 0 Å². The molecule has 0 aromatic heterocycles. The number of carbonyl (C=O) groups is 2. The van der Waals surface area contributed by atoms with Crippen LogP contribution in [0, 0.1) is 0 Å². The minimum absolute atomic E-state index is 0.530. The van der Waals surface area contributed by atoms with Gasteiger partial charge in [-0.2, -0.15) is 0 Å². The van der Waals surface area contributed by atoms with Crippen LogP contribution in [0.4, 0.5) is 0 Å². The van der Waals surface area contributed by atoms with Gasteiger partial charge in [0.05, 0.1) is 18.8 Å². The highest BCUT2D eigenvalue weighted by Crippen LogP contribution is 2.16. The van der Waals surface area contributed by atoms with Gasteiger partial charge >= 0.3 is 0 Å². The number of rotatable bonds is 9. The Labute approximate surface area is 129 Å². The molecule has 0 radical (unpaired) electrons. The second-order valence-electron chi connectivity index (χ2n) is 4.75. The Kier molecular flexibility index (Phi) is 6.18. The van der Waals surface area contributed by atoms with Gasteiger partial charge in [-0.05, 0) is 37.1 Å². The predicted octanol–water partition coefficient (Wildman–Crippen LogP) is 3.55. The molecule has 0 saturated carbocycles. The fourth-order valence-electron chi connectivity index (χ4n) is 1.96. The minimum atomic E-state index is 0.530. The average Bonchev–Trinajstić information content (AvgIpc) is 2.58. The Balaban J connectivity index is 1.67. The maximum atomic E-state index is 10.8. The number of unbranched alkanes of at least 4 members (excludes halogenated alkanes) is 1. The van der Waals surface area contributed by atoms with Crippen LogP contribution in [0.2, 0.25) is 0 Å². The van der Waals surface area contributed by atoms with Gasteiger partial charge in [-0.3, -0.25) is 9.59 Å². The van der Waals surface area contributed by atoms with Crippen LogP contribution in [-0.4, -0.2) is 25.8 Å². The number of hydrogen-bond acceptors (Lipinski definition) is 4. The van der Waals surface area contributed by atoms with Crippen LogP contribution in [0.25, 0.3) is 0 Å². The topological polar surface area (TPSA) is 52.6 Å². The third kappa shape index (κ3) is 4.74. The highest BCUT2D eigenvalue weighted by atomic mass is 16.5. The van der Waals surface area contributed by atoms with Gasteiger partial charge < -0.3 is 9.47 Å². The minimum Gasteiger partial charge on any atom is -0.494 e. The molecule has 0 atom stereocenters. The summed E-state index contributed by atoms with van der Waals surface area (Å²) in [4.78, 5) is 21.5. The summed E-state index contributed by atoms with van der Waals surface area (Å²) >= 11 is 0. The molecule has 0 fully saturated rings. The van der Waals surface area contributed by atoms with Crippen LogP contribution in [0.5, 0.6) is 11.5 Å². The Bertz CT molecular complexity index is 622. The zero-order valence-corrected chi connectivity index (χ0v) is 12.2. The van der Waals surface area contributed by atoms with Crippen molar-refractivity contribution in [3.8, 4) is 11.5 Å². The van der Waals surface area contributed by atoms with E-state index in [-0.39, 0.29) is 0 Å². The van der Waals surface area contributed by atoms with E-state index >= 15 is 0 Å². The largest absolute Gasteiger partial charge is 0.494 e. The van der Waals surface area contributed by atoms with Gasteiger partial charge in [0.25, 0.3) is 0 Å². The first-order valence-electron chi connectivity index (χ1n) is 7.18. The third-order valence-electron chi connectivity index (χ3n) is 3.11. The van der Waals surface area contributed by atoms with Crippen molar-refractivity contribution in [1.82, 2.24) is 0 Å². The highest BCUT2D eigenvalue weighted by Gasteiger charge is 2.01. The fraction of sp³-hybridized carbons (Fsp3) is 0.222. The second kappa shape index (κ2) is 8.62. The van der Waals surface area contributed by atoms with Crippen molar-refractivity contribution in [2.45, 2.75) is 12.8 Å². The summed E-state index contributed by atoms with van der Waals surface area (Å²) in [5.41, 5.74) is 1.16. The standard InChI is InChI=1S/C18H18O4/c19-13-15-6-5-8-17(12-15)21-10-3-4-11-22-18-9-2-1-7-16(18)14-20/h1-2,5-9,12-14H,3-4,10-11H2. The normalized spacial score (nSPS) is 10.0. The molecule has 4 heteroatoms. The van der Waals surface area contributed by atoms with E-state index in [1.807, 2.05) is 12.1 Å². The van der Waals surface area contributed by atoms with Crippen LogP contribution in [-0.2, 0) is 0 Å². The van der Waals surface area contributed by atoms with Crippen molar-refractivity contribution in [2.24, 2.45) is 0 Å². The van der Waals surface area contributed by atoms with Crippen LogP contribution < -0.4 is 9.47 Å². The summed E-state index contributed by atoms with van der Waals surface area (Å²) in [6.45, 7) is 1.09. The van der Waals surface area contributed by atoms with Gasteiger partial charge in [0.1, 0.15) is 17.8 Å². The number of hydrogen-bond donors (Lipinski definition) is 0. The molecule has 0 spiro atoms.